The SMILES string of the molecule is C=CCOC(=O)N1CCC(CO[SiH](C)C)C1(COC)C(C)(C)C. The van der Waals surface area contributed by atoms with E-state index >= 15 is 0 Å². The predicted molar refractivity (Wildman–Crippen MR) is 95.2 cm³/mol. The number of nitrogens with zero attached hydrogens (tertiary/aromatic N) is 1. The van der Waals surface area contributed by atoms with Crippen molar-refractivity contribution in [3.8, 4) is 0 Å². The lowest BCUT2D eigenvalue weighted by Crippen LogP contribution is -2.62. The minimum atomic E-state index is -1.11. The highest BCUT2D eigenvalue weighted by atomic mass is 28.3. The first-order valence-corrected chi connectivity index (χ1v) is 11.1. The molecular weight excluding hydrogens is 310 g/mol. The summed E-state index contributed by atoms with van der Waals surface area (Å²) in [6.07, 6.45) is 2.21. The zero-order valence-corrected chi connectivity index (χ0v) is 16.7. The van der Waals surface area contributed by atoms with E-state index in [1.54, 1.807) is 13.2 Å². The molecule has 2 unspecified atom stereocenters. The molecule has 6 heteroatoms. The molecular formula is C17H33NO4Si. The third kappa shape index (κ3) is 4.36. The summed E-state index contributed by atoms with van der Waals surface area (Å²) in [7, 11) is 0.578. The molecule has 5 nitrogen and oxygen atoms in total. The van der Waals surface area contributed by atoms with Crippen molar-refractivity contribution in [3.63, 3.8) is 0 Å². The maximum atomic E-state index is 12.6. The van der Waals surface area contributed by atoms with Crippen LogP contribution in [0.5, 0.6) is 0 Å². The molecule has 134 valence electrons. The lowest BCUT2D eigenvalue weighted by Gasteiger charge is -2.50. The number of rotatable bonds is 7. The number of hydrogen-bond acceptors (Lipinski definition) is 4. The van der Waals surface area contributed by atoms with Crippen LogP contribution in [0.3, 0.4) is 0 Å². The van der Waals surface area contributed by atoms with Crippen LogP contribution in [0.25, 0.3) is 0 Å². The van der Waals surface area contributed by atoms with Gasteiger partial charge >= 0.3 is 6.09 Å². The quantitative estimate of drug-likeness (QED) is 0.526. The Morgan fingerprint density at radius 2 is 2.09 bits per heavy atom. The molecule has 0 aromatic heterocycles. The fraction of sp³-hybridized carbons (Fsp3) is 0.824. The van der Waals surface area contributed by atoms with E-state index in [-0.39, 0.29) is 24.0 Å². The van der Waals surface area contributed by atoms with E-state index in [4.69, 9.17) is 13.9 Å². The molecule has 1 amide bonds. The van der Waals surface area contributed by atoms with Crippen LogP contribution >= 0.6 is 0 Å². The van der Waals surface area contributed by atoms with Gasteiger partial charge in [0.05, 0.1) is 12.1 Å². The monoisotopic (exact) mass is 343 g/mol. The normalized spacial score (nSPS) is 25.0. The standard InChI is InChI=1S/C17H33NO4Si/c1-8-11-21-15(19)18-10-9-14(12-22-23(6)7)17(18,13-20-5)16(2,3)4/h8,14,23H,1,9-13H2,2-7H3. The third-order valence-corrected chi connectivity index (χ3v) is 5.56. The summed E-state index contributed by atoms with van der Waals surface area (Å²) in [6, 6.07) is 0. The Balaban J connectivity index is 3.13. The van der Waals surface area contributed by atoms with Crippen LogP contribution in [0.2, 0.25) is 13.1 Å². The van der Waals surface area contributed by atoms with E-state index < -0.39 is 14.6 Å². The summed E-state index contributed by atoms with van der Waals surface area (Å²) >= 11 is 0. The zero-order valence-electron chi connectivity index (χ0n) is 15.6. The Kier molecular flexibility index (Phi) is 7.29. The molecule has 1 aliphatic heterocycles. The zero-order chi connectivity index (χ0) is 17.7. The summed E-state index contributed by atoms with van der Waals surface area (Å²) in [5.74, 6) is 0.244. The molecule has 0 aromatic carbocycles. The van der Waals surface area contributed by atoms with Crippen molar-refractivity contribution in [2.24, 2.45) is 11.3 Å². The van der Waals surface area contributed by atoms with Gasteiger partial charge in [-0.2, -0.15) is 0 Å². The van der Waals surface area contributed by atoms with Crippen molar-refractivity contribution in [3.05, 3.63) is 12.7 Å². The fourth-order valence-corrected chi connectivity index (χ4v) is 4.20. The molecule has 2 atom stereocenters. The molecule has 0 N–H and O–H groups in total. The smallest absolute Gasteiger partial charge is 0.410 e. The summed E-state index contributed by atoms with van der Waals surface area (Å²) in [4.78, 5) is 14.5. The molecule has 0 bridgehead atoms. The number of hydrogen-bond donors (Lipinski definition) is 0. The molecule has 1 aliphatic rings. The number of methoxy groups -OCH3 is 1. The van der Waals surface area contributed by atoms with Gasteiger partial charge in [0.15, 0.2) is 9.04 Å². The van der Waals surface area contributed by atoms with Crippen LogP contribution in [0, 0.1) is 11.3 Å². The highest BCUT2D eigenvalue weighted by molar-refractivity contribution is 6.48. The third-order valence-electron chi connectivity index (χ3n) is 4.70. The molecule has 0 spiro atoms. The van der Waals surface area contributed by atoms with Crippen molar-refractivity contribution in [1.29, 1.82) is 0 Å². The number of carbonyl (C=O) groups excluding carboxylic acids is 1. The highest BCUT2D eigenvalue weighted by Crippen LogP contribution is 2.48. The first kappa shape index (κ1) is 20.2. The maximum Gasteiger partial charge on any atom is 0.410 e. The van der Waals surface area contributed by atoms with Crippen LogP contribution in [0.15, 0.2) is 12.7 Å². The van der Waals surface area contributed by atoms with Crippen LogP contribution in [0.1, 0.15) is 27.2 Å². The topological polar surface area (TPSA) is 48.0 Å². The van der Waals surface area contributed by atoms with Gasteiger partial charge in [-0.3, -0.25) is 4.90 Å². The maximum absolute atomic E-state index is 12.6. The molecule has 23 heavy (non-hydrogen) atoms. The van der Waals surface area contributed by atoms with Gasteiger partial charge in [-0.15, -0.1) is 0 Å². The second-order valence-electron chi connectivity index (χ2n) is 7.49. The number of likely N-dealkylation sites (tertiary alicyclic amines) is 1. The Hall–Kier alpha value is -0.853. The van der Waals surface area contributed by atoms with Crippen LogP contribution in [0.4, 0.5) is 4.79 Å². The predicted octanol–water partition coefficient (Wildman–Crippen LogP) is 3.06. The van der Waals surface area contributed by atoms with Gasteiger partial charge < -0.3 is 13.9 Å². The van der Waals surface area contributed by atoms with E-state index in [2.05, 4.69) is 40.4 Å². The van der Waals surface area contributed by atoms with Gasteiger partial charge in [-0.1, -0.05) is 33.4 Å². The first-order chi connectivity index (χ1) is 10.7. The summed E-state index contributed by atoms with van der Waals surface area (Å²) in [6.45, 7) is 16.5. The van der Waals surface area contributed by atoms with Gasteiger partial charge in [0.2, 0.25) is 0 Å². The summed E-state index contributed by atoms with van der Waals surface area (Å²) in [5, 5.41) is 0. The van der Waals surface area contributed by atoms with Crippen molar-refractivity contribution in [2.75, 3.05) is 33.5 Å². The molecule has 0 radical (unpaired) electrons. The van der Waals surface area contributed by atoms with E-state index in [0.29, 0.717) is 19.8 Å². The number of ether oxygens (including phenoxy) is 2. The molecule has 1 saturated heterocycles. The number of carbonyl (C=O) groups is 1. The average Bonchev–Trinajstić information content (AvgIpc) is 2.82. The molecule has 0 aromatic rings. The molecule has 1 fully saturated rings. The Labute approximate surface area is 142 Å². The Morgan fingerprint density at radius 1 is 1.43 bits per heavy atom. The van der Waals surface area contributed by atoms with Crippen molar-refractivity contribution in [2.45, 2.75) is 45.8 Å². The Morgan fingerprint density at radius 3 is 2.57 bits per heavy atom. The minimum Gasteiger partial charge on any atom is -0.445 e. The van der Waals surface area contributed by atoms with Crippen molar-refractivity contribution in [1.82, 2.24) is 4.90 Å². The minimum absolute atomic E-state index is 0.154. The second kappa shape index (κ2) is 8.31. The van der Waals surface area contributed by atoms with Gasteiger partial charge in [0, 0.05) is 26.2 Å². The van der Waals surface area contributed by atoms with Gasteiger partial charge in [0.1, 0.15) is 6.61 Å². The molecule has 1 heterocycles. The van der Waals surface area contributed by atoms with Crippen LogP contribution < -0.4 is 0 Å². The van der Waals surface area contributed by atoms with E-state index in [9.17, 15) is 4.79 Å². The first-order valence-electron chi connectivity index (χ1n) is 8.36. The average molecular weight is 344 g/mol. The van der Waals surface area contributed by atoms with Crippen molar-refractivity contribution < 1.29 is 18.7 Å². The van der Waals surface area contributed by atoms with Gasteiger partial charge in [-0.05, 0) is 24.9 Å². The molecule has 0 saturated carbocycles. The fourth-order valence-electron chi connectivity index (χ4n) is 3.59. The molecule has 0 aliphatic carbocycles. The second-order valence-corrected chi connectivity index (χ2v) is 9.92. The summed E-state index contributed by atoms with van der Waals surface area (Å²) in [5.41, 5.74) is -0.581. The largest absolute Gasteiger partial charge is 0.445 e. The van der Waals surface area contributed by atoms with Gasteiger partial charge in [0.25, 0.3) is 0 Å². The lowest BCUT2D eigenvalue weighted by molar-refractivity contribution is -0.0631. The molecule has 1 rings (SSSR count). The lowest BCUT2D eigenvalue weighted by atomic mass is 9.67. The number of amides is 1. The highest BCUT2D eigenvalue weighted by Gasteiger charge is 2.58. The summed E-state index contributed by atoms with van der Waals surface area (Å²) < 4.78 is 16.9. The van der Waals surface area contributed by atoms with Crippen molar-refractivity contribution >= 4 is 15.1 Å². The Bertz CT molecular complexity index is 408. The van der Waals surface area contributed by atoms with Crippen LogP contribution in [-0.4, -0.2) is 59.0 Å². The van der Waals surface area contributed by atoms with Gasteiger partial charge in [-0.25, -0.2) is 4.79 Å². The van der Waals surface area contributed by atoms with E-state index in [0.717, 1.165) is 6.42 Å². The van der Waals surface area contributed by atoms with Crippen LogP contribution in [-0.2, 0) is 13.9 Å². The van der Waals surface area contributed by atoms with E-state index in [1.807, 2.05) is 4.90 Å². The van der Waals surface area contributed by atoms with E-state index in [1.165, 1.54) is 0 Å².